The summed E-state index contributed by atoms with van der Waals surface area (Å²) in [6.45, 7) is -1.04. The molecule has 1 aliphatic heterocycles. The highest BCUT2D eigenvalue weighted by atomic mass is 19.4. The Morgan fingerprint density at radius 2 is 2.06 bits per heavy atom. The number of ether oxygens (including phenoxy) is 3. The maximum atomic E-state index is 12.5. The molecule has 2 atom stereocenters. The lowest BCUT2D eigenvalue weighted by molar-refractivity contribution is 0.00817. The Morgan fingerprint density at radius 1 is 1.35 bits per heavy atom. The van der Waals surface area contributed by atoms with Crippen LogP contribution in [0.15, 0.2) is 12.1 Å². The molecular weight excluding hydrogens is 461 g/mol. The van der Waals surface area contributed by atoms with Gasteiger partial charge in [0.15, 0.2) is 5.82 Å². The molecule has 3 N–H and O–H groups in total. The van der Waals surface area contributed by atoms with Gasteiger partial charge < -0.3 is 24.8 Å². The van der Waals surface area contributed by atoms with Crippen molar-refractivity contribution >= 4 is 17.8 Å². The average molecular weight is 488 g/mol. The van der Waals surface area contributed by atoms with E-state index in [1.54, 1.807) is 26.3 Å². The third-order valence-corrected chi connectivity index (χ3v) is 5.28. The first-order chi connectivity index (χ1) is 16.1. The van der Waals surface area contributed by atoms with Gasteiger partial charge in [-0.15, -0.1) is 0 Å². The average Bonchev–Trinajstić information content (AvgIpc) is 3.12. The zero-order valence-corrected chi connectivity index (χ0v) is 18.9. The number of aromatic amines is 1. The maximum Gasteiger partial charge on any atom is 0.407 e. The van der Waals surface area contributed by atoms with E-state index in [0.717, 1.165) is 12.8 Å². The van der Waals surface area contributed by atoms with Crippen molar-refractivity contribution in [2.45, 2.75) is 57.2 Å². The zero-order valence-electron chi connectivity index (χ0n) is 18.9. The quantitative estimate of drug-likeness (QED) is 0.546. The van der Waals surface area contributed by atoms with Crippen molar-refractivity contribution in [1.29, 1.82) is 0 Å². The molecule has 34 heavy (non-hydrogen) atoms. The Morgan fingerprint density at radius 3 is 2.71 bits per heavy atom. The topological polar surface area (TPSA) is 132 Å². The Kier molecular flexibility index (Phi) is 8.15. The molecule has 11 nitrogen and oxygen atoms in total. The van der Waals surface area contributed by atoms with E-state index in [1.165, 1.54) is 4.68 Å². The van der Waals surface area contributed by atoms with Gasteiger partial charge in [-0.2, -0.15) is 23.4 Å². The van der Waals surface area contributed by atoms with Crippen LogP contribution in [0.4, 0.5) is 23.8 Å². The fourth-order valence-electron chi connectivity index (χ4n) is 3.34. The van der Waals surface area contributed by atoms with Gasteiger partial charge in [0.1, 0.15) is 17.9 Å². The van der Waals surface area contributed by atoms with Crippen molar-refractivity contribution in [3.8, 4) is 0 Å². The molecule has 1 saturated carbocycles. The van der Waals surface area contributed by atoms with Gasteiger partial charge in [0.25, 0.3) is 5.91 Å². The monoisotopic (exact) mass is 488 g/mol. The van der Waals surface area contributed by atoms with Crippen LogP contribution in [0.1, 0.15) is 54.2 Å². The van der Waals surface area contributed by atoms with Gasteiger partial charge in [-0.05, 0) is 25.8 Å². The number of hydrogen-bond donors (Lipinski definition) is 3. The lowest BCUT2D eigenvalue weighted by Crippen LogP contribution is -2.37. The molecule has 3 heterocycles. The Bertz CT molecular complexity index is 991. The van der Waals surface area contributed by atoms with Crippen LogP contribution < -0.4 is 10.6 Å². The Balaban J connectivity index is 0.000000751. The highest BCUT2D eigenvalue weighted by molar-refractivity contribution is 6.02. The summed E-state index contributed by atoms with van der Waals surface area (Å²) < 4.78 is 46.7. The number of alkyl halides is 3. The second kappa shape index (κ2) is 10.9. The molecule has 2 fully saturated rings. The number of aromatic nitrogens is 4. The van der Waals surface area contributed by atoms with Crippen LogP contribution in [0.2, 0.25) is 0 Å². The molecular formula is C20H27F3N6O5. The number of nitrogens with one attached hydrogen (secondary N) is 3. The summed E-state index contributed by atoms with van der Waals surface area (Å²) in [5, 5.41) is 16.8. The molecule has 2 amide bonds. The van der Waals surface area contributed by atoms with Gasteiger partial charge in [0.05, 0.1) is 24.6 Å². The minimum absolute atomic E-state index is 0.120. The summed E-state index contributed by atoms with van der Waals surface area (Å²) in [7, 11) is 3.26. The number of alkyl carbamates (subject to hydrolysis) is 1. The van der Waals surface area contributed by atoms with Crippen LogP contribution >= 0.6 is 0 Å². The molecule has 0 aromatic carbocycles. The van der Waals surface area contributed by atoms with Gasteiger partial charge in [0, 0.05) is 32.2 Å². The highest BCUT2D eigenvalue weighted by Crippen LogP contribution is 2.35. The van der Waals surface area contributed by atoms with E-state index >= 15 is 0 Å². The highest BCUT2D eigenvalue weighted by Gasteiger charge is 2.40. The first-order valence-electron chi connectivity index (χ1n) is 10.5. The van der Waals surface area contributed by atoms with Crippen LogP contribution in [0.5, 0.6) is 0 Å². The zero-order chi connectivity index (χ0) is 24.9. The molecule has 1 aliphatic carbocycles. The summed E-state index contributed by atoms with van der Waals surface area (Å²) in [6.07, 6.45) is 1.44. The number of aryl methyl sites for hydroxylation is 1. The van der Waals surface area contributed by atoms with E-state index < -0.39 is 12.8 Å². The van der Waals surface area contributed by atoms with Crippen LogP contribution in [-0.2, 0) is 27.9 Å². The minimum atomic E-state index is -3.67. The summed E-state index contributed by atoms with van der Waals surface area (Å²) in [4.78, 5) is 24.5. The van der Waals surface area contributed by atoms with Gasteiger partial charge >= 0.3 is 12.8 Å². The molecule has 2 aromatic heterocycles. The molecule has 188 valence electrons. The predicted molar refractivity (Wildman–Crippen MR) is 112 cm³/mol. The van der Waals surface area contributed by atoms with Crippen molar-refractivity contribution in [3.05, 3.63) is 29.2 Å². The largest absolute Gasteiger partial charge is 0.444 e. The number of methoxy groups -OCH3 is 1. The van der Waals surface area contributed by atoms with Gasteiger partial charge in [-0.3, -0.25) is 14.6 Å². The molecule has 2 aromatic rings. The molecule has 0 bridgehead atoms. The second-order valence-electron chi connectivity index (χ2n) is 8.26. The third-order valence-electron chi connectivity index (χ3n) is 5.28. The number of H-pyrrole nitrogens is 1. The first kappa shape index (κ1) is 25.5. The smallest absolute Gasteiger partial charge is 0.407 e. The molecule has 2 unspecified atom stereocenters. The van der Waals surface area contributed by atoms with Crippen molar-refractivity contribution in [2.75, 3.05) is 19.0 Å². The van der Waals surface area contributed by atoms with E-state index in [4.69, 9.17) is 14.2 Å². The summed E-state index contributed by atoms with van der Waals surface area (Å²) >= 11 is 0. The number of hydrogen-bond acceptors (Lipinski definition) is 7. The lowest BCUT2D eigenvalue weighted by Gasteiger charge is -2.15. The number of halogens is 3. The van der Waals surface area contributed by atoms with Gasteiger partial charge in [-0.25, -0.2) is 4.79 Å². The Labute approximate surface area is 193 Å². The number of anilines is 1. The van der Waals surface area contributed by atoms with Crippen molar-refractivity contribution in [1.82, 2.24) is 25.3 Å². The lowest BCUT2D eigenvalue weighted by atomic mass is 10.1. The number of nitrogens with zero attached hydrogens (tertiary/aromatic N) is 3. The van der Waals surface area contributed by atoms with E-state index in [0.29, 0.717) is 42.5 Å². The molecule has 0 spiro atoms. The predicted octanol–water partition coefficient (Wildman–Crippen LogP) is 2.83. The second-order valence-corrected chi connectivity index (χ2v) is 8.26. The molecule has 4 rings (SSSR count). The van der Waals surface area contributed by atoms with Crippen LogP contribution in [0, 0.1) is 0 Å². The minimum Gasteiger partial charge on any atom is -0.444 e. The molecule has 1 saturated heterocycles. The summed E-state index contributed by atoms with van der Waals surface area (Å²) in [6, 6.07) is 3.38. The van der Waals surface area contributed by atoms with Crippen LogP contribution in [0.25, 0.3) is 0 Å². The van der Waals surface area contributed by atoms with Crippen molar-refractivity contribution in [3.63, 3.8) is 0 Å². The fraction of sp³-hybridized carbons (Fsp3) is 0.600. The van der Waals surface area contributed by atoms with E-state index in [-0.39, 0.29) is 23.7 Å². The normalized spacial score (nSPS) is 20.4. The maximum absolute atomic E-state index is 12.5. The van der Waals surface area contributed by atoms with Crippen molar-refractivity contribution < 1.29 is 37.0 Å². The number of carbonyl (C=O) groups excluding carboxylic acids is 2. The van der Waals surface area contributed by atoms with E-state index in [2.05, 4.69) is 25.9 Å². The van der Waals surface area contributed by atoms with Crippen LogP contribution in [0.3, 0.4) is 0 Å². The van der Waals surface area contributed by atoms with Gasteiger partial charge in [0.2, 0.25) is 0 Å². The summed E-state index contributed by atoms with van der Waals surface area (Å²) in [5.41, 5.74) is 1.64. The Hall–Kier alpha value is -3.13. The standard InChI is InChI=1S/C19H26N6O5.CHF3/c1-19(4-5-19)21-18(27)30-12-7-15(29-10-12)13-8-16(23-22-13)20-17(26)14-6-11(9-28-3)24-25(14)2;2-1(3)4/h6,8,12,15H,4-5,7,9-10H2,1-3H3,(H,21,27)(H2,20,22,23,26);1H. The third kappa shape index (κ3) is 7.18. The fourth-order valence-corrected chi connectivity index (χ4v) is 3.34. The number of amides is 2. The molecule has 2 aliphatic rings. The van der Waals surface area contributed by atoms with E-state index in [9.17, 15) is 22.8 Å². The molecule has 14 heteroatoms. The number of rotatable bonds is 7. The van der Waals surface area contributed by atoms with E-state index in [1.807, 2.05) is 6.92 Å². The molecule has 0 radical (unpaired) electrons. The SMILES string of the molecule is COCc1cc(C(=O)Nc2cc(C3CC(OC(=O)NC4(C)CC4)CO3)[nH]n2)n(C)n1.FC(F)F. The van der Waals surface area contributed by atoms with Gasteiger partial charge in [-0.1, -0.05) is 0 Å². The van der Waals surface area contributed by atoms with Crippen LogP contribution in [-0.4, -0.2) is 64.0 Å². The number of carbonyl (C=O) groups is 2. The first-order valence-corrected chi connectivity index (χ1v) is 10.5. The summed E-state index contributed by atoms with van der Waals surface area (Å²) in [5.74, 6) is 0.0426. The van der Waals surface area contributed by atoms with Crippen molar-refractivity contribution in [2.24, 2.45) is 7.05 Å².